The first-order valence-electron chi connectivity index (χ1n) is 5.07. The average Bonchev–Trinajstić information content (AvgIpc) is 2.27. The van der Waals surface area contributed by atoms with Crippen LogP contribution in [0.25, 0.3) is 0 Å². The van der Waals surface area contributed by atoms with Gasteiger partial charge < -0.3 is 9.64 Å². The molecule has 0 spiro atoms. The van der Waals surface area contributed by atoms with Crippen LogP contribution in [0, 0.1) is 5.92 Å². The Hall–Kier alpha value is -1.30. The largest absolute Gasteiger partial charge is 0.469 e. The summed E-state index contributed by atoms with van der Waals surface area (Å²) in [5.74, 6) is -1.45. The Morgan fingerprint density at radius 2 is 1.88 bits per heavy atom. The van der Waals surface area contributed by atoms with Crippen LogP contribution in [0.15, 0.2) is 0 Å². The number of halogens is 1. The molecular weight excluding hydrogens is 248 g/mol. The summed E-state index contributed by atoms with van der Waals surface area (Å²) >= 11 is 5.50. The zero-order valence-electron chi connectivity index (χ0n) is 10.3. The molecule has 0 heterocycles. The molecule has 6 nitrogen and oxygen atoms in total. The molecule has 0 saturated heterocycles. The summed E-state index contributed by atoms with van der Waals surface area (Å²) < 4.78 is 4.53. The first kappa shape index (κ1) is 15.7. The molecule has 3 amide bonds. The highest BCUT2D eigenvalue weighted by Gasteiger charge is 2.20. The van der Waals surface area contributed by atoms with Crippen LogP contribution in [-0.4, -0.2) is 48.9 Å². The highest BCUT2D eigenvalue weighted by molar-refractivity contribution is 6.31. The van der Waals surface area contributed by atoms with Gasteiger partial charge in [0.15, 0.2) is 0 Å². The molecule has 0 aromatic heterocycles. The highest BCUT2D eigenvalue weighted by atomic mass is 35.5. The van der Waals surface area contributed by atoms with E-state index in [1.807, 2.05) is 0 Å². The minimum Gasteiger partial charge on any atom is -0.469 e. The second-order valence-corrected chi connectivity index (χ2v) is 4.37. The standard InChI is InChI=1S/C10H17ClN2O4/c1-6(9(15)17-4)5-13(3)10(16)12-8(14)7(2)11/h6-7H,5H2,1-4H3,(H,12,14,16). The molecule has 98 valence electrons. The average molecular weight is 265 g/mol. The van der Waals surface area contributed by atoms with Gasteiger partial charge in [0, 0.05) is 13.6 Å². The number of nitrogens with one attached hydrogen (secondary N) is 1. The maximum absolute atomic E-state index is 11.5. The van der Waals surface area contributed by atoms with E-state index in [0.29, 0.717) is 0 Å². The summed E-state index contributed by atoms with van der Waals surface area (Å²) in [6, 6.07) is -0.599. The van der Waals surface area contributed by atoms with Crippen molar-refractivity contribution >= 4 is 29.5 Å². The van der Waals surface area contributed by atoms with E-state index in [9.17, 15) is 14.4 Å². The van der Waals surface area contributed by atoms with Crippen LogP contribution >= 0.6 is 11.6 Å². The number of hydrogen-bond donors (Lipinski definition) is 1. The summed E-state index contributed by atoms with van der Waals surface area (Å²) in [5, 5.41) is 1.32. The molecule has 1 N–H and O–H groups in total. The van der Waals surface area contributed by atoms with Crippen molar-refractivity contribution in [2.75, 3.05) is 20.7 Å². The van der Waals surface area contributed by atoms with Gasteiger partial charge in [0.05, 0.1) is 13.0 Å². The summed E-state index contributed by atoms with van der Waals surface area (Å²) in [7, 11) is 2.75. The van der Waals surface area contributed by atoms with E-state index in [1.54, 1.807) is 6.92 Å². The van der Waals surface area contributed by atoms with E-state index < -0.39 is 29.2 Å². The number of nitrogens with zero attached hydrogens (tertiary/aromatic N) is 1. The lowest BCUT2D eigenvalue weighted by Gasteiger charge is -2.20. The van der Waals surface area contributed by atoms with Crippen LogP contribution in [0.4, 0.5) is 4.79 Å². The van der Waals surface area contributed by atoms with Crippen LogP contribution in [0.2, 0.25) is 0 Å². The number of esters is 1. The van der Waals surface area contributed by atoms with Gasteiger partial charge in [-0.2, -0.15) is 0 Å². The van der Waals surface area contributed by atoms with Gasteiger partial charge in [-0.25, -0.2) is 4.79 Å². The van der Waals surface area contributed by atoms with Crippen LogP contribution < -0.4 is 5.32 Å². The third-order valence-electron chi connectivity index (χ3n) is 2.09. The Balaban J connectivity index is 4.23. The Morgan fingerprint density at radius 1 is 1.35 bits per heavy atom. The molecule has 2 unspecified atom stereocenters. The molecule has 0 rings (SSSR count). The molecule has 0 aliphatic carbocycles. The first-order valence-corrected chi connectivity index (χ1v) is 5.51. The summed E-state index contributed by atoms with van der Waals surface area (Å²) in [6.07, 6.45) is 0. The normalized spacial score (nSPS) is 13.5. The molecule has 0 radical (unpaired) electrons. The van der Waals surface area contributed by atoms with Gasteiger partial charge in [-0.05, 0) is 6.92 Å². The van der Waals surface area contributed by atoms with Gasteiger partial charge in [0.1, 0.15) is 5.38 Å². The Kier molecular flexibility index (Phi) is 6.57. The van der Waals surface area contributed by atoms with E-state index in [0.717, 1.165) is 0 Å². The van der Waals surface area contributed by atoms with Crippen molar-refractivity contribution in [1.82, 2.24) is 10.2 Å². The quantitative estimate of drug-likeness (QED) is 0.596. The van der Waals surface area contributed by atoms with Crippen LogP contribution in [0.1, 0.15) is 13.8 Å². The third-order valence-corrected chi connectivity index (χ3v) is 2.29. The Morgan fingerprint density at radius 3 is 2.29 bits per heavy atom. The van der Waals surface area contributed by atoms with Gasteiger partial charge in [0.2, 0.25) is 5.91 Å². The van der Waals surface area contributed by atoms with Gasteiger partial charge in [-0.3, -0.25) is 14.9 Å². The van der Waals surface area contributed by atoms with E-state index >= 15 is 0 Å². The van der Waals surface area contributed by atoms with Gasteiger partial charge >= 0.3 is 12.0 Å². The van der Waals surface area contributed by atoms with Crippen molar-refractivity contribution < 1.29 is 19.1 Å². The van der Waals surface area contributed by atoms with Gasteiger partial charge in [-0.1, -0.05) is 6.92 Å². The van der Waals surface area contributed by atoms with Crippen molar-refractivity contribution in [2.45, 2.75) is 19.2 Å². The number of carbonyl (C=O) groups excluding carboxylic acids is 3. The molecular formula is C10H17ClN2O4. The summed E-state index contributed by atoms with van der Waals surface area (Å²) in [6.45, 7) is 3.24. The van der Waals surface area contributed by atoms with Gasteiger partial charge in [-0.15, -0.1) is 11.6 Å². The number of alkyl halides is 1. The fourth-order valence-electron chi connectivity index (χ4n) is 1.07. The fraction of sp³-hybridized carbons (Fsp3) is 0.700. The molecule has 0 aliphatic heterocycles. The highest BCUT2D eigenvalue weighted by Crippen LogP contribution is 2.01. The number of imide groups is 1. The molecule has 0 fully saturated rings. The lowest BCUT2D eigenvalue weighted by Crippen LogP contribution is -2.45. The number of amides is 3. The zero-order valence-corrected chi connectivity index (χ0v) is 11.1. The summed E-state index contributed by atoms with van der Waals surface area (Å²) in [5.41, 5.74) is 0. The van der Waals surface area contributed by atoms with E-state index in [-0.39, 0.29) is 6.54 Å². The minimum atomic E-state index is -0.787. The predicted octanol–water partition coefficient (Wildman–Crippen LogP) is 0.591. The van der Waals surface area contributed by atoms with E-state index in [2.05, 4.69) is 10.1 Å². The smallest absolute Gasteiger partial charge is 0.323 e. The molecule has 7 heteroatoms. The number of ether oxygens (including phenoxy) is 1. The molecule has 2 atom stereocenters. The maximum Gasteiger partial charge on any atom is 0.323 e. The molecule has 0 aromatic carbocycles. The monoisotopic (exact) mass is 264 g/mol. The van der Waals surface area contributed by atoms with Crippen molar-refractivity contribution in [3.63, 3.8) is 0 Å². The molecule has 0 saturated carbocycles. The van der Waals surface area contributed by atoms with Crippen LogP contribution in [0.3, 0.4) is 0 Å². The lowest BCUT2D eigenvalue weighted by atomic mass is 10.2. The number of carbonyl (C=O) groups is 3. The van der Waals surface area contributed by atoms with E-state index in [4.69, 9.17) is 11.6 Å². The SMILES string of the molecule is COC(=O)C(C)CN(C)C(=O)NC(=O)C(C)Cl. The second-order valence-electron chi connectivity index (χ2n) is 3.72. The van der Waals surface area contributed by atoms with Gasteiger partial charge in [0.25, 0.3) is 0 Å². The van der Waals surface area contributed by atoms with Crippen molar-refractivity contribution in [2.24, 2.45) is 5.92 Å². The van der Waals surface area contributed by atoms with Crippen molar-refractivity contribution in [3.05, 3.63) is 0 Å². The van der Waals surface area contributed by atoms with E-state index in [1.165, 1.54) is 26.0 Å². The molecule has 0 aliphatic rings. The Bertz CT molecular complexity index is 307. The van der Waals surface area contributed by atoms with Crippen molar-refractivity contribution in [1.29, 1.82) is 0 Å². The molecule has 17 heavy (non-hydrogen) atoms. The minimum absolute atomic E-state index is 0.155. The maximum atomic E-state index is 11.5. The number of rotatable bonds is 4. The third kappa shape index (κ3) is 5.53. The molecule has 0 bridgehead atoms. The summed E-state index contributed by atoms with van der Waals surface area (Å²) in [4.78, 5) is 35.0. The topological polar surface area (TPSA) is 75.7 Å². The zero-order chi connectivity index (χ0) is 13.6. The predicted molar refractivity (Wildman–Crippen MR) is 62.7 cm³/mol. The lowest BCUT2D eigenvalue weighted by molar-refractivity contribution is -0.145. The molecule has 0 aromatic rings. The van der Waals surface area contributed by atoms with Crippen molar-refractivity contribution in [3.8, 4) is 0 Å². The number of methoxy groups -OCH3 is 1. The Labute approximate surface area is 105 Å². The number of urea groups is 1. The number of hydrogen-bond acceptors (Lipinski definition) is 4. The fourth-order valence-corrected chi connectivity index (χ4v) is 1.12. The van der Waals surface area contributed by atoms with Crippen LogP contribution in [0.5, 0.6) is 0 Å². The second kappa shape index (κ2) is 7.11. The first-order chi connectivity index (χ1) is 7.79. The van der Waals surface area contributed by atoms with Crippen LogP contribution in [-0.2, 0) is 14.3 Å².